The number of rotatable bonds is 6. The van der Waals surface area contributed by atoms with E-state index in [-0.39, 0.29) is 12.1 Å². The molecule has 0 radical (unpaired) electrons. The molecule has 2 aromatic carbocycles. The third-order valence-corrected chi connectivity index (χ3v) is 4.56. The molecule has 0 spiro atoms. The molecular weight excluding hydrogens is 352 g/mol. The number of nitriles is 1. The molecule has 4 rings (SSSR count). The maximum absolute atomic E-state index is 8.94. The summed E-state index contributed by atoms with van der Waals surface area (Å²) in [6.45, 7) is 1.05. The number of aromatic nitrogens is 1. The average Bonchev–Trinajstić information content (AvgIpc) is 3.21. The van der Waals surface area contributed by atoms with Crippen LogP contribution >= 0.6 is 0 Å². The Morgan fingerprint density at radius 1 is 1.04 bits per heavy atom. The lowest BCUT2D eigenvalue weighted by atomic mass is 10.0. The van der Waals surface area contributed by atoms with Crippen LogP contribution in [-0.2, 0) is 6.61 Å². The van der Waals surface area contributed by atoms with Crippen molar-refractivity contribution < 1.29 is 9.47 Å². The summed E-state index contributed by atoms with van der Waals surface area (Å²) in [6.07, 6.45) is 1.64. The Morgan fingerprint density at radius 2 is 1.86 bits per heavy atom. The van der Waals surface area contributed by atoms with E-state index in [9.17, 15) is 0 Å². The van der Waals surface area contributed by atoms with Crippen LogP contribution in [0.4, 0.5) is 0 Å². The molecule has 1 aliphatic rings. The van der Waals surface area contributed by atoms with Crippen molar-refractivity contribution in [3.8, 4) is 17.6 Å². The normalized spacial score (nSPS) is 18.4. The highest BCUT2D eigenvalue weighted by molar-refractivity contribution is 5.38. The summed E-state index contributed by atoms with van der Waals surface area (Å²) in [7, 11) is 0. The van der Waals surface area contributed by atoms with E-state index in [4.69, 9.17) is 14.7 Å². The molecule has 3 aromatic rings. The number of nitrogens with zero attached hydrogens (tertiary/aromatic N) is 2. The highest BCUT2D eigenvalue weighted by Gasteiger charge is 2.32. The Balaban J connectivity index is 1.50. The Labute approximate surface area is 163 Å². The maximum atomic E-state index is 8.94. The first-order chi connectivity index (χ1) is 13.8. The van der Waals surface area contributed by atoms with Gasteiger partial charge in [0.25, 0.3) is 0 Å². The van der Waals surface area contributed by atoms with E-state index in [2.05, 4.69) is 21.9 Å². The van der Waals surface area contributed by atoms with Gasteiger partial charge in [-0.05, 0) is 42.5 Å². The molecule has 1 fully saturated rings. The molecule has 28 heavy (non-hydrogen) atoms. The summed E-state index contributed by atoms with van der Waals surface area (Å²) in [5.74, 6) is 1.52. The number of benzene rings is 2. The van der Waals surface area contributed by atoms with Crippen LogP contribution in [0.3, 0.4) is 0 Å². The Bertz CT molecular complexity index is 954. The zero-order valence-electron chi connectivity index (χ0n) is 15.2. The summed E-state index contributed by atoms with van der Waals surface area (Å²) in [5, 5.41) is 8.94. The molecule has 0 amide bonds. The second-order valence-corrected chi connectivity index (χ2v) is 6.44. The van der Waals surface area contributed by atoms with Gasteiger partial charge < -0.3 is 9.47 Å². The SMILES string of the molecule is N#Cc1ccc(OC2CNNC2c2ccccc2OCc2ccccn2)cc1. The summed E-state index contributed by atoms with van der Waals surface area (Å²) in [4.78, 5) is 4.31. The Hall–Kier alpha value is -3.40. The van der Waals surface area contributed by atoms with E-state index >= 15 is 0 Å². The molecule has 1 aliphatic heterocycles. The topological polar surface area (TPSA) is 79.2 Å². The molecule has 0 saturated carbocycles. The highest BCUT2D eigenvalue weighted by atomic mass is 16.5. The molecule has 6 heteroatoms. The van der Waals surface area contributed by atoms with Gasteiger partial charge in [-0.1, -0.05) is 24.3 Å². The third kappa shape index (κ3) is 4.12. The molecule has 140 valence electrons. The van der Waals surface area contributed by atoms with Crippen LogP contribution < -0.4 is 20.3 Å². The molecule has 2 N–H and O–H groups in total. The summed E-state index contributed by atoms with van der Waals surface area (Å²) < 4.78 is 12.2. The molecule has 2 unspecified atom stereocenters. The molecule has 6 nitrogen and oxygen atoms in total. The number of para-hydroxylation sites is 1. The van der Waals surface area contributed by atoms with Crippen molar-refractivity contribution >= 4 is 0 Å². The van der Waals surface area contributed by atoms with Crippen molar-refractivity contribution in [3.05, 3.63) is 89.7 Å². The monoisotopic (exact) mass is 372 g/mol. The van der Waals surface area contributed by atoms with Gasteiger partial charge in [-0.2, -0.15) is 5.26 Å². The van der Waals surface area contributed by atoms with E-state index in [1.54, 1.807) is 18.3 Å². The van der Waals surface area contributed by atoms with Crippen molar-refractivity contribution in [2.24, 2.45) is 0 Å². The van der Waals surface area contributed by atoms with Crippen molar-refractivity contribution in [2.45, 2.75) is 18.8 Å². The number of pyridine rings is 1. The number of hydrazine groups is 1. The van der Waals surface area contributed by atoms with Crippen molar-refractivity contribution in [1.82, 2.24) is 15.8 Å². The number of hydrogen-bond acceptors (Lipinski definition) is 6. The predicted molar refractivity (Wildman–Crippen MR) is 104 cm³/mol. The first-order valence-corrected chi connectivity index (χ1v) is 9.10. The molecule has 0 bridgehead atoms. The van der Waals surface area contributed by atoms with Gasteiger partial charge in [0.1, 0.15) is 24.2 Å². The molecule has 2 heterocycles. The summed E-state index contributed by atoms with van der Waals surface area (Å²) in [5.41, 5.74) is 8.95. The smallest absolute Gasteiger partial charge is 0.133 e. The van der Waals surface area contributed by atoms with E-state index in [1.807, 2.05) is 54.6 Å². The van der Waals surface area contributed by atoms with Crippen molar-refractivity contribution in [1.29, 1.82) is 5.26 Å². The fourth-order valence-corrected chi connectivity index (χ4v) is 3.15. The van der Waals surface area contributed by atoms with Gasteiger partial charge in [0.15, 0.2) is 0 Å². The van der Waals surface area contributed by atoms with Crippen molar-refractivity contribution in [3.63, 3.8) is 0 Å². The van der Waals surface area contributed by atoms with Crippen LogP contribution in [0.2, 0.25) is 0 Å². The van der Waals surface area contributed by atoms with Gasteiger partial charge in [-0.3, -0.25) is 10.4 Å². The second-order valence-electron chi connectivity index (χ2n) is 6.44. The standard InChI is InChI=1S/C22H20N4O2/c23-13-16-8-10-18(11-9-16)28-21-14-25-26-22(21)19-6-1-2-7-20(19)27-15-17-5-3-4-12-24-17/h1-12,21-22,25-26H,14-15H2. The van der Waals surface area contributed by atoms with Crippen molar-refractivity contribution in [2.75, 3.05) is 6.54 Å². The third-order valence-electron chi connectivity index (χ3n) is 4.56. The minimum atomic E-state index is -0.118. The lowest BCUT2D eigenvalue weighted by Crippen LogP contribution is -2.28. The molecule has 1 saturated heterocycles. The average molecular weight is 372 g/mol. The van der Waals surface area contributed by atoms with Crippen LogP contribution in [0, 0.1) is 11.3 Å². The second kappa shape index (κ2) is 8.53. The number of ether oxygens (including phenoxy) is 2. The number of hydrogen-bond donors (Lipinski definition) is 2. The lowest BCUT2D eigenvalue weighted by molar-refractivity contribution is 0.193. The predicted octanol–water partition coefficient (Wildman–Crippen LogP) is 3.13. The lowest BCUT2D eigenvalue weighted by Gasteiger charge is -2.22. The van der Waals surface area contributed by atoms with Crippen LogP contribution in [0.25, 0.3) is 0 Å². The molecule has 2 atom stereocenters. The fourth-order valence-electron chi connectivity index (χ4n) is 3.15. The van der Waals surface area contributed by atoms with Gasteiger partial charge in [-0.25, -0.2) is 5.43 Å². The zero-order valence-corrected chi connectivity index (χ0v) is 15.2. The zero-order chi connectivity index (χ0) is 19.2. The van der Waals surface area contributed by atoms with E-state index < -0.39 is 0 Å². The minimum absolute atomic E-state index is 0.0735. The van der Waals surface area contributed by atoms with Gasteiger partial charge in [0, 0.05) is 18.3 Å². The van der Waals surface area contributed by atoms with E-state index in [0.29, 0.717) is 18.7 Å². The maximum Gasteiger partial charge on any atom is 0.133 e. The highest BCUT2D eigenvalue weighted by Crippen LogP contribution is 2.31. The molecule has 1 aromatic heterocycles. The van der Waals surface area contributed by atoms with Crippen LogP contribution in [-0.4, -0.2) is 17.6 Å². The van der Waals surface area contributed by atoms with Gasteiger partial charge in [-0.15, -0.1) is 0 Å². The van der Waals surface area contributed by atoms with Crippen LogP contribution in [0.1, 0.15) is 22.9 Å². The van der Waals surface area contributed by atoms with Crippen LogP contribution in [0.15, 0.2) is 72.9 Å². The fraction of sp³-hybridized carbons (Fsp3) is 0.182. The Kier molecular flexibility index (Phi) is 5.48. The Morgan fingerprint density at radius 3 is 2.64 bits per heavy atom. The van der Waals surface area contributed by atoms with Gasteiger partial charge in [0.2, 0.25) is 0 Å². The molecular formula is C22H20N4O2. The van der Waals surface area contributed by atoms with Crippen LogP contribution in [0.5, 0.6) is 11.5 Å². The first-order valence-electron chi connectivity index (χ1n) is 9.10. The van der Waals surface area contributed by atoms with E-state index in [1.165, 1.54) is 0 Å². The number of nitrogens with one attached hydrogen (secondary N) is 2. The van der Waals surface area contributed by atoms with Gasteiger partial charge in [0.05, 0.1) is 23.4 Å². The summed E-state index contributed by atoms with van der Waals surface area (Å²) in [6, 6.07) is 22.9. The van der Waals surface area contributed by atoms with Gasteiger partial charge >= 0.3 is 0 Å². The minimum Gasteiger partial charge on any atom is -0.487 e. The molecule has 0 aliphatic carbocycles. The first kappa shape index (κ1) is 18.0. The largest absolute Gasteiger partial charge is 0.487 e. The summed E-state index contributed by atoms with van der Waals surface area (Å²) >= 11 is 0. The van der Waals surface area contributed by atoms with E-state index in [0.717, 1.165) is 22.8 Å². The quantitative estimate of drug-likeness (QED) is 0.692.